The summed E-state index contributed by atoms with van der Waals surface area (Å²) in [6.07, 6.45) is 6.94. The van der Waals surface area contributed by atoms with E-state index in [1.165, 1.54) is 32.1 Å². The summed E-state index contributed by atoms with van der Waals surface area (Å²) in [5.74, 6) is 0.563. The van der Waals surface area contributed by atoms with Crippen LogP contribution >= 0.6 is 0 Å². The molecule has 1 saturated heterocycles. The van der Waals surface area contributed by atoms with Crippen LogP contribution < -0.4 is 0 Å². The molecule has 0 bridgehead atoms. The van der Waals surface area contributed by atoms with Crippen LogP contribution in [0.2, 0.25) is 0 Å². The Morgan fingerprint density at radius 3 is 2.64 bits per heavy atom. The molecule has 3 atom stereocenters. The second-order valence-corrected chi connectivity index (χ2v) is 4.40. The van der Waals surface area contributed by atoms with E-state index in [0.717, 1.165) is 6.61 Å². The normalized spacial score (nSPS) is 33.2. The van der Waals surface area contributed by atoms with E-state index in [2.05, 4.69) is 13.8 Å². The van der Waals surface area contributed by atoms with E-state index in [4.69, 9.17) is 9.47 Å². The van der Waals surface area contributed by atoms with Gasteiger partial charge in [-0.3, -0.25) is 0 Å². The lowest BCUT2D eigenvalue weighted by Crippen LogP contribution is -2.37. The fraction of sp³-hybridized carbons (Fsp3) is 1.00. The van der Waals surface area contributed by atoms with Crippen molar-refractivity contribution in [3.05, 3.63) is 0 Å². The molecule has 0 aromatic rings. The minimum atomic E-state index is 0.00220. The molecule has 2 heteroatoms. The summed E-state index contributed by atoms with van der Waals surface area (Å²) in [5.41, 5.74) is 0. The number of ether oxygens (including phenoxy) is 2. The van der Waals surface area contributed by atoms with Gasteiger partial charge in [-0.25, -0.2) is 0 Å². The highest BCUT2D eigenvalue weighted by molar-refractivity contribution is 4.70. The molecule has 0 aromatic carbocycles. The zero-order chi connectivity index (χ0) is 10.4. The van der Waals surface area contributed by atoms with Crippen LogP contribution in [0, 0.1) is 5.92 Å². The van der Waals surface area contributed by atoms with Gasteiger partial charge < -0.3 is 9.47 Å². The third-order valence-electron chi connectivity index (χ3n) is 2.94. The fourth-order valence-corrected chi connectivity index (χ4v) is 1.94. The van der Waals surface area contributed by atoms with Crippen molar-refractivity contribution in [2.75, 3.05) is 6.61 Å². The maximum atomic E-state index is 5.76. The maximum Gasteiger partial charge on any atom is 0.155 e. The van der Waals surface area contributed by atoms with Crippen molar-refractivity contribution in [3.8, 4) is 0 Å². The highest BCUT2D eigenvalue weighted by Gasteiger charge is 2.25. The molecule has 2 nitrogen and oxygen atoms in total. The summed E-state index contributed by atoms with van der Waals surface area (Å²) in [5, 5.41) is 0. The molecule has 0 aromatic heterocycles. The fourth-order valence-electron chi connectivity index (χ4n) is 1.94. The Hall–Kier alpha value is -0.0800. The third-order valence-corrected chi connectivity index (χ3v) is 2.94. The average molecular weight is 200 g/mol. The molecule has 1 fully saturated rings. The van der Waals surface area contributed by atoms with Crippen LogP contribution in [0.5, 0.6) is 0 Å². The molecule has 0 saturated carbocycles. The predicted molar refractivity (Wildman–Crippen MR) is 58.2 cm³/mol. The van der Waals surface area contributed by atoms with E-state index in [9.17, 15) is 0 Å². The van der Waals surface area contributed by atoms with Gasteiger partial charge in [0.25, 0.3) is 0 Å². The summed E-state index contributed by atoms with van der Waals surface area (Å²) in [6.45, 7) is 7.32. The Kier molecular flexibility index (Phi) is 5.49. The van der Waals surface area contributed by atoms with E-state index in [0.29, 0.717) is 12.0 Å². The second kappa shape index (κ2) is 6.41. The highest BCUT2D eigenvalue weighted by atomic mass is 16.7. The van der Waals surface area contributed by atoms with E-state index in [-0.39, 0.29) is 6.29 Å². The van der Waals surface area contributed by atoms with Crippen molar-refractivity contribution in [1.29, 1.82) is 0 Å². The van der Waals surface area contributed by atoms with Gasteiger partial charge in [0.1, 0.15) is 0 Å². The molecule has 1 heterocycles. The molecule has 0 unspecified atom stereocenters. The van der Waals surface area contributed by atoms with Gasteiger partial charge in [0, 0.05) is 5.92 Å². The first-order valence-corrected chi connectivity index (χ1v) is 6.01. The van der Waals surface area contributed by atoms with Gasteiger partial charge in [-0.2, -0.15) is 0 Å². The molecule has 1 aliphatic rings. The zero-order valence-corrected chi connectivity index (χ0v) is 9.79. The number of unbranched alkanes of at least 4 members (excludes halogenated alkanes) is 3. The molecular formula is C12H24O2. The predicted octanol–water partition coefficient (Wildman–Crippen LogP) is 3.35. The SMILES string of the molecule is CCCCCC[C@@H]1O[C@H](C)OC[C@@H]1C. The summed E-state index contributed by atoms with van der Waals surface area (Å²) in [6, 6.07) is 0. The topological polar surface area (TPSA) is 18.5 Å². The van der Waals surface area contributed by atoms with E-state index >= 15 is 0 Å². The standard InChI is InChI=1S/C12H24O2/c1-4-5-6-7-8-12-10(2)9-13-11(3)14-12/h10-12H,4-9H2,1-3H3/t10-,11+,12-/m0/s1. The Balaban J connectivity index is 2.14. The maximum absolute atomic E-state index is 5.76. The summed E-state index contributed by atoms with van der Waals surface area (Å²) < 4.78 is 11.2. The minimum Gasteiger partial charge on any atom is -0.353 e. The monoisotopic (exact) mass is 200 g/mol. The van der Waals surface area contributed by atoms with Gasteiger partial charge in [0.15, 0.2) is 6.29 Å². The van der Waals surface area contributed by atoms with Crippen LogP contribution in [0.3, 0.4) is 0 Å². The van der Waals surface area contributed by atoms with Gasteiger partial charge in [-0.15, -0.1) is 0 Å². The summed E-state index contributed by atoms with van der Waals surface area (Å²) in [7, 11) is 0. The van der Waals surface area contributed by atoms with Gasteiger partial charge in [0.05, 0.1) is 12.7 Å². The Labute approximate surface area is 88.0 Å². The molecule has 14 heavy (non-hydrogen) atoms. The molecular weight excluding hydrogens is 176 g/mol. The van der Waals surface area contributed by atoms with Crippen molar-refractivity contribution in [1.82, 2.24) is 0 Å². The lowest BCUT2D eigenvalue weighted by molar-refractivity contribution is -0.225. The second-order valence-electron chi connectivity index (χ2n) is 4.40. The van der Waals surface area contributed by atoms with Crippen LogP contribution in [0.1, 0.15) is 52.9 Å². The van der Waals surface area contributed by atoms with Gasteiger partial charge in [-0.05, 0) is 13.3 Å². The lowest BCUT2D eigenvalue weighted by Gasteiger charge is -2.33. The molecule has 1 rings (SSSR count). The zero-order valence-electron chi connectivity index (χ0n) is 9.79. The molecule has 0 spiro atoms. The van der Waals surface area contributed by atoms with Gasteiger partial charge in [0.2, 0.25) is 0 Å². The summed E-state index contributed by atoms with van der Waals surface area (Å²) >= 11 is 0. The first kappa shape index (κ1) is 12.0. The third kappa shape index (κ3) is 3.97. The molecule has 0 amide bonds. The summed E-state index contributed by atoms with van der Waals surface area (Å²) in [4.78, 5) is 0. The van der Waals surface area contributed by atoms with Crippen LogP contribution in [0.4, 0.5) is 0 Å². The van der Waals surface area contributed by atoms with Crippen LogP contribution in [-0.2, 0) is 9.47 Å². The van der Waals surface area contributed by atoms with Crippen molar-refractivity contribution in [2.24, 2.45) is 5.92 Å². The number of rotatable bonds is 5. The van der Waals surface area contributed by atoms with Gasteiger partial charge in [-0.1, -0.05) is 39.5 Å². The molecule has 84 valence electrons. The Bertz CT molecular complexity index is 147. The van der Waals surface area contributed by atoms with Crippen molar-refractivity contribution in [2.45, 2.75) is 65.3 Å². The van der Waals surface area contributed by atoms with Gasteiger partial charge >= 0.3 is 0 Å². The largest absolute Gasteiger partial charge is 0.353 e. The Morgan fingerprint density at radius 1 is 1.14 bits per heavy atom. The molecule has 0 aliphatic carbocycles. The van der Waals surface area contributed by atoms with E-state index in [1.54, 1.807) is 0 Å². The van der Waals surface area contributed by atoms with Crippen molar-refractivity contribution < 1.29 is 9.47 Å². The quantitative estimate of drug-likeness (QED) is 0.634. The smallest absolute Gasteiger partial charge is 0.155 e. The van der Waals surface area contributed by atoms with E-state index < -0.39 is 0 Å². The molecule has 1 aliphatic heterocycles. The highest BCUT2D eigenvalue weighted by Crippen LogP contribution is 2.22. The Morgan fingerprint density at radius 2 is 1.93 bits per heavy atom. The molecule has 0 radical (unpaired) electrons. The first-order valence-electron chi connectivity index (χ1n) is 6.01. The lowest BCUT2D eigenvalue weighted by atomic mass is 9.98. The molecule has 0 N–H and O–H groups in total. The number of hydrogen-bond acceptors (Lipinski definition) is 2. The van der Waals surface area contributed by atoms with Crippen molar-refractivity contribution in [3.63, 3.8) is 0 Å². The van der Waals surface area contributed by atoms with Crippen molar-refractivity contribution >= 4 is 0 Å². The first-order chi connectivity index (χ1) is 6.74. The van der Waals surface area contributed by atoms with Crippen LogP contribution in [0.15, 0.2) is 0 Å². The number of hydrogen-bond donors (Lipinski definition) is 0. The van der Waals surface area contributed by atoms with Crippen LogP contribution in [-0.4, -0.2) is 19.0 Å². The van der Waals surface area contributed by atoms with E-state index in [1.807, 2.05) is 6.92 Å². The average Bonchev–Trinajstić information content (AvgIpc) is 2.18. The minimum absolute atomic E-state index is 0.00220. The van der Waals surface area contributed by atoms with Crippen LogP contribution in [0.25, 0.3) is 0 Å².